The highest BCUT2D eigenvalue weighted by atomic mass is 19.1. The zero-order chi connectivity index (χ0) is 13.0. The van der Waals surface area contributed by atoms with Gasteiger partial charge < -0.3 is 4.74 Å². The van der Waals surface area contributed by atoms with Crippen LogP contribution in [0.2, 0.25) is 0 Å². The minimum atomic E-state index is -0.599. The summed E-state index contributed by atoms with van der Waals surface area (Å²) < 4.78 is 18.4. The number of esters is 1. The van der Waals surface area contributed by atoms with Crippen molar-refractivity contribution in [2.75, 3.05) is 7.11 Å². The molecule has 0 amide bonds. The van der Waals surface area contributed by atoms with Gasteiger partial charge in [0, 0.05) is 5.56 Å². The molecule has 1 rings (SSSR count). The monoisotopic (exact) mass is 235 g/mol. The van der Waals surface area contributed by atoms with E-state index in [4.69, 9.17) is 5.26 Å². The van der Waals surface area contributed by atoms with Gasteiger partial charge in [-0.05, 0) is 17.5 Å². The van der Waals surface area contributed by atoms with Crippen LogP contribution in [0.5, 0.6) is 0 Å². The smallest absolute Gasteiger partial charge is 0.338 e. The van der Waals surface area contributed by atoms with E-state index < -0.39 is 11.8 Å². The predicted molar refractivity (Wildman–Crippen MR) is 61.1 cm³/mol. The first-order valence-corrected chi connectivity index (χ1v) is 5.29. The summed E-state index contributed by atoms with van der Waals surface area (Å²) in [6.07, 6.45) is 0.0600. The van der Waals surface area contributed by atoms with Crippen LogP contribution >= 0.6 is 0 Å². The molecule has 0 radical (unpaired) electrons. The molecule has 1 aromatic carbocycles. The molecular weight excluding hydrogens is 221 g/mol. The molecule has 4 heteroatoms. The summed E-state index contributed by atoms with van der Waals surface area (Å²) in [5.74, 6) is -1.19. The maximum absolute atomic E-state index is 13.7. The van der Waals surface area contributed by atoms with Crippen LogP contribution < -0.4 is 0 Å². The molecule has 0 aliphatic rings. The third-order valence-corrected chi connectivity index (χ3v) is 2.51. The lowest BCUT2D eigenvalue weighted by Gasteiger charge is -2.15. The van der Waals surface area contributed by atoms with E-state index in [0.29, 0.717) is 11.1 Å². The summed E-state index contributed by atoms with van der Waals surface area (Å²) in [6, 6.07) is 4.70. The van der Waals surface area contributed by atoms with Crippen molar-refractivity contribution in [2.24, 2.45) is 0 Å². The minimum Gasteiger partial charge on any atom is -0.465 e. The molecule has 0 N–H and O–H groups in total. The summed E-state index contributed by atoms with van der Waals surface area (Å²) in [5.41, 5.74) is 0.998. The van der Waals surface area contributed by atoms with E-state index in [1.807, 2.05) is 6.07 Å². The lowest BCUT2D eigenvalue weighted by Crippen LogP contribution is -2.12. The molecule has 0 bridgehead atoms. The number of nitriles is 1. The molecule has 0 unspecified atom stereocenters. The quantitative estimate of drug-likeness (QED) is 0.757. The van der Waals surface area contributed by atoms with Gasteiger partial charge in [0.25, 0.3) is 0 Å². The predicted octanol–water partition coefficient (Wildman–Crippen LogP) is 2.80. The van der Waals surface area contributed by atoms with Gasteiger partial charge in [-0.1, -0.05) is 19.9 Å². The molecule has 0 heterocycles. The van der Waals surface area contributed by atoms with Crippen molar-refractivity contribution >= 4 is 5.97 Å². The van der Waals surface area contributed by atoms with Gasteiger partial charge in [-0.25, -0.2) is 9.18 Å². The summed E-state index contributed by atoms with van der Waals surface area (Å²) in [5, 5.41) is 8.70. The van der Waals surface area contributed by atoms with Crippen molar-refractivity contribution in [3.8, 4) is 6.07 Å². The number of carbonyl (C=O) groups is 1. The fourth-order valence-electron chi connectivity index (χ4n) is 1.78. The third kappa shape index (κ3) is 2.62. The highest BCUT2D eigenvalue weighted by Crippen LogP contribution is 2.27. The number of halogens is 1. The number of rotatable bonds is 3. The number of nitrogens with zero attached hydrogens (tertiary/aromatic N) is 1. The lowest BCUT2D eigenvalue weighted by molar-refractivity contribution is 0.0597. The Bertz CT molecular complexity index is 475. The molecule has 0 aliphatic heterocycles. The van der Waals surface area contributed by atoms with Crippen molar-refractivity contribution in [1.82, 2.24) is 0 Å². The standard InChI is InChI=1S/C13H14FNO2/c1-8(2)11-10(14)5-4-9(6-7-15)12(11)13(16)17-3/h4-5,8H,6H2,1-3H3. The lowest BCUT2D eigenvalue weighted by atomic mass is 9.91. The second-order valence-electron chi connectivity index (χ2n) is 3.98. The highest BCUT2D eigenvalue weighted by molar-refractivity contribution is 5.93. The van der Waals surface area contributed by atoms with E-state index >= 15 is 0 Å². The zero-order valence-corrected chi connectivity index (χ0v) is 10.1. The first-order valence-electron chi connectivity index (χ1n) is 5.29. The maximum Gasteiger partial charge on any atom is 0.338 e. The minimum absolute atomic E-state index is 0.0600. The van der Waals surface area contributed by atoms with E-state index in [0.717, 1.165) is 0 Å². The molecule has 3 nitrogen and oxygen atoms in total. The van der Waals surface area contributed by atoms with Gasteiger partial charge in [0.15, 0.2) is 0 Å². The van der Waals surface area contributed by atoms with Crippen LogP contribution in [0, 0.1) is 17.1 Å². The van der Waals surface area contributed by atoms with E-state index in [-0.39, 0.29) is 17.9 Å². The van der Waals surface area contributed by atoms with Crippen molar-refractivity contribution in [2.45, 2.75) is 26.2 Å². The zero-order valence-electron chi connectivity index (χ0n) is 10.1. The normalized spacial score (nSPS) is 10.1. The maximum atomic E-state index is 13.7. The average Bonchev–Trinajstić information content (AvgIpc) is 2.29. The van der Waals surface area contributed by atoms with Gasteiger partial charge in [-0.2, -0.15) is 5.26 Å². The molecule has 90 valence electrons. The Morgan fingerprint density at radius 3 is 2.65 bits per heavy atom. The van der Waals surface area contributed by atoms with E-state index in [1.165, 1.54) is 19.2 Å². The van der Waals surface area contributed by atoms with Gasteiger partial charge in [0.1, 0.15) is 5.82 Å². The number of methoxy groups -OCH3 is 1. The van der Waals surface area contributed by atoms with Crippen LogP contribution in [-0.2, 0) is 11.2 Å². The molecule has 0 fully saturated rings. The van der Waals surface area contributed by atoms with Gasteiger partial charge in [-0.3, -0.25) is 0 Å². The van der Waals surface area contributed by atoms with E-state index in [1.54, 1.807) is 13.8 Å². The fraction of sp³-hybridized carbons (Fsp3) is 0.385. The molecule has 0 aromatic heterocycles. The van der Waals surface area contributed by atoms with Gasteiger partial charge in [0.2, 0.25) is 0 Å². The molecule has 1 aromatic rings. The number of hydrogen-bond acceptors (Lipinski definition) is 3. The van der Waals surface area contributed by atoms with Crippen LogP contribution in [0.25, 0.3) is 0 Å². The second kappa shape index (κ2) is 5.44. The van der Waals surface area contributed by atoms with E-state index in [2.05, 4.69) is 4.74 Å². The van der Waals surface area contributed by atoms with Crippen LogP contribution in [-0.4, -0.2) is 13.1 Å². The molecule has 0 atom stereocenters. The topological polar surface area (TPSA) is 50.1 Å². The first-order chi connectivity index (χ1) is 8.02. The first kappa shape index (κ1) is 13.2. The van der Waals surface area contributed by atoms with Gasteiger partial charge in [-0.15, -0.1) is 0 Å². The Morgan fingerprint density at radius 2 is 2.18 bits per heavy atom. The van der Waals surface area contributed by atoms with Crippen molar-refractivity contribution in [3.63, 3.8) is 0 Å². The fourth-order valence-corrected chi connectivity index (χ4v) is 1.78. The van der Waals surface area contributed by atoms with Gasteiger partial charge in [0.05, 0.1) is 25.2 Å². The Kier molecular flexibility index (Phi) is 4.22. The average molecular weight is 235 g/mol. The number of ether oxygens (including phenoxy) is 1. The summed E-state index contributed by atoms with van der Waals surface area (Å²) in [4.78, 5) is 11.7. The Balaban J connectivity index is 3.50. The van der Waals surface area contributed by atoms with Crippen molar-refractivity contribution in [3.05, 3.63) is 34.6 Å². The Morgan fingerprint density at radius 1 is 1.53 bits per heavy atom. The van der Waals surface area contributed by atoms with Crippen LogP contribution in [0.3, 0.4) is 0 Å². The Hall–Kier alpha value is -1.89. The SMILES string of the molecule is COC(=O)c1c(CC#N)ccc(F)c1C(C)C. The molecular formula is C13H14FNO2. The largest absolute Gasteiger partial charge is 0.465 e. The van der Waals surface area contributed by atoms with Crippen LogP contribution in [0.15, 0.2) is 12.1 Å². The number of hydrogen-bond donors (Lipinski definition) is 0. The third-order valence-electron chi connectivity index (χ3n) is 2.51. The molecule has 0 aliphatic carbocycles. The van der Waals surface area contributed by atoms with Crippen LogP contribution in [0.1, 0.15) is 41.3 Å². The number of carbonyl (C=O) groups excluding carboxylic acids is 1. The number of benzene rings is 1. The Labute approximate surface area is 99.8 Å². The highest BCUT2D eigenvalue weighted by Gasteiger charge is 2.22. The molecule has 0 saturated heterocycles. The molecule has 17 heavy (non-hydrogen) atoms. The van der Waals surface area contributed by atoms with E-state index in [9.17, 15) is 9.18 Å². The summed E-state index contributed by atoms with van der Waals surface area (Å²) in [6.45, 7) is 3.59. The second-order valence-corrected chi connectivity index (χ2v) is 3.98. The molecule has 0 spiro atoms. The summed E-state index contributed by atoms with van der Waals surface area (Å²) in [7, 11) is 1.24. The molecule has 0 saturated carbocycles. The van der Waals surface area contributed by atoms with Crippen molar-refractivity contribution < 1.29 is 13.9 Å². The van der Waals surface area contributed by atoms with Gasteiger partial charge >= 0.3 is 5.97 Å². The van der Waals surface area contributed by atoms with Crippen molar-refractivity contribution in [1.29, 1.82) is 5.26 Å². The van der Waals surface area contributed by atoms with Crippen LogP contribution in [0.4, 0.5) is 4.39 Å². The summed E-state index contributed by atoms with van der Waals surface area (Å²) >= 11 is 0.